The van der Waals surface area contributed by atoms with Crippen molar-refractivity contribution in [2.45, 2.75) is 12.5 Å². The zero-order valence-electron chi connectivity index (χ0n) is 7.08. The summed E-state index contributed by atoms with van der Waals surface area (Å²) >= 11 is 0. The van der Waals surface area contributed by atoms with Gasteiger partial charge in [-0.3, -0.25) is 10.2 Å². The summed E-state index contributed by atoms with van der Waals surface area (Å²) in [5.41, 5.74) is 4.33. The Morgan fingerprint density at radius 1 is 1.54 bits per heavy atom. The molecule has 1 amide bonds. The van der Waals surface area contributed by atoms with Gasteiger partial charge in [-0.1, -0.05) is 18.2 Å². The van der Waals surface area contributed by atoms with Crippen molar-refractivity contribution in [2.24, 2.45) is 5.84 Å². The second kappa shape index (κ2) is 3.06. The fourth-order valence-corrected chi connectivity index (χ4v) is 1.56. The van der Waals surface area contributed by atoms with E-state index in [1.165, 1.54) is 0 Å². The number of fused-ring (bicyclic) bond motifs is 1. The molecule has 1 aliphatic rings. The number of hydrogen-bond acceptors (Lipinski definition) is 3. The number of nitrogens with two attached hydrogens (primary N) is 1. The predicted octanol–water partition coefficient (Wildman–Crippen LogP) is 0.0131. The van der Waals surface area contributed by atoms with Crippen LogP contribution in [-0.4, -0.2) is 11.9 Å². The summed E-state index contributed by atoms with van der Waals surface area (Å²) in [7, 11) is 0. The third kappa shape index (κ3) is 1.36. The van der Waals surface area contributed by atoms with Gasteiger partial charge >= 0.3 is 0 Å². The van der Waals surface area contributed by atoms with Gasteiger partial charge in [0.2, 0.25) is 0 Å². The van der Waals surface area contributed by atoms with Gasteiger partial charge in [0.05, 0.1) is 0 Å². The van der Waals surface area contributed by atoms with Crippen molar-refractivity contribution in [3.05, 3.63) is 29.8 Å². The fourth-order valence-electron chi connectivity index (χ4n) is 1.56. The maximum Gasteiger partial charge on any atom is 0.256 e. The Bertz CT molecular complexity index is 312. The molecular formula is C9H11N3O. The average molecular weight is 177 g/mol. The van der Waals surface area contributed by atoms with Crippen LogP contribution in [0.5, 0.6) is 0 Å². The van der Waals surface area contributed by atoms with E-state index in [0.717, 1.165) is 11.3 Å². The SMILES string of the molecule is NNC(=O)C1Cc2ccccc2N1. The van der Waals surface area contributed by atoms with Crippen molar-refractivity contribution in [1.82, 2.24) is 5.43 Å². The Morgan fingerprint density at radius 2 is 2.31 bits per heavy atom. The molecule has 4 N–H and O–H groups in total. The molecule has 1 aromatic rings. The molecule has 1 unspecified atom stereocenters. The van der Waals surface area contributed by atoms with E-state index < -0.39 is 0 Å². The third-order valence-corrected chi connectivity index (χ3v) is 2.23. The molecule has 1 aromatic carbocycles. The van der Waals surface area contributed by atoms with Crippen molar-refractivity contribution >= 4 is 11.6 Å². The summed E-state index contributed by atoms with van der Waals surface area (Å²) in [4.78, 5) is 11.2. The van der Waals surface area contributed by atoms with E-state index in [9.17, 15) is 4.79 Å². The lowest BCUT2D eigenvalue weighted by atomic mass is 10.1. The number of anilines is 1. The van der Waals surface area contributed by atoms with Gasteiger partial charge in [0.15, 0.2) is 0 Å². The molecule has 0 aliphatic carbocycles. The Labute approximate surface area is 76.1 Å². The smallest absolute Gasteiger partial charge is 0.256 e. The average Bonchev–Trinajstić information content (AvgIpc) is 2.59. The summed E-state index contributed by atoms with van der Waals surface area (Å²) in [5, 5.41) is 3.09. The number of para-hydroxylation sites is 1. The number of rotatable bonds is 1. The summed E-state index contributed by atoms with van der Waals surface area (Å²) < 4.78 is 0. The highest BCUT2D eigenvalue weighted by Gasteiger charge is 2.25. The standard InChI is InChI=1S/C9H11N3O/c10-12-9(13)8-5-6-3-1-2-4-7(6)11-8/h1-4,8,11H,5,10H2,(H,12,13). The van der Waals surface area contributed by atoms with Crippen LogP contribution in [0.4, 0.5) is 5.69 Å². The molecule has 1 aliphatic heterocycles. The van der Waals surface area contributed by atoms with Crippen LogP contribution in [0.1, 0.15) is 5.56 Å². The lowest BCUT2D eigenvalue weighted by molar-refractivity contribution is -0.121. The number of carbonyl (C=O) groups excluding carboxylic acids is 1. The molecule has 0 bridgehead atoms. The minimum Gasteiger partial charge on any atom is -0.373 e. The van der Waals surface area contributed by atoms with Gasteiger partial charge in [-0.05, 0) is 11.6 Å². The van der Waals surface area contributed by atoms with Crippen LogP contribution >= 0.6 is 0 Å². The van der Waals surface area contributed by atoms with Crippen LogP contribution in [0.3, 0.4) is 0 Å². The largest absolute Gasteiger partial charge is 0.373 e. The zero-order valence-corrected chi connectivity index (χ0v) is 7.08. The molecule has 13 heavy (non-hydrogen) atoms. The first kappa shape index (κ1) is 8.07. The van der Waals surface area contributed by atoms with Crippen molar-refractivity contribution < 1.29 is 4.79 Å². The molecule has 1 heterocycles. The van der Waals surface area contributed by atoms with Crippen LogP contribution in [0.2, 0.25) is 0 Å². The van der Waals surface area contributed by atoms with E-state index >= 15 is 0 Å². The van der Waals surface area contributed by atoms with Gasteiger partial charge in [-0.2, -0.15) is 0 Å². The van der Waals surface area contributed by atoms with Crippen LogP contribution in [-0.2, 0) is 11.2 Å². The van der Waals surface area contributed by atoms with Gasteiger partial charge in [0.1, 0.15) is 6.04 Å². The molecule has 0 radical (unpaired) electrons. The monoisotopic (exact) mass is 177 g/mol. The first-order valence-corrected chi connectivity index (χ1v) is 4.16. The maximum absolute atomic E-state index is 11.2. The number of hydrogen-bond donors (Lipinski definition) is 3. The molecular weight excluding hydrogens is 166 g/mol. The summed E-state index contributed by atoms with van der Waals surface area (Å²) in [6.07, 6.45) is 0.708. The zero-order chi connectivity index (χ0) is 9.26. The van der Waals surface area contributed by atoms with Crippen LogP contribution < -0.4 is 16.6 Å². The van der Waals surface area contributed by atoms with Crippen molar-refractivity contribution in [1.29, 1.82) is 0 Å². The van der Waals surface area contributed by atoms with Crippen LogP contribution in [0, 0.1) is 0 Å². The highest BCUT2D eigenvalue weighted by Crippen LogP contribution is 2.24. The number of carbonyl (C=O) groups is 1. The Kier molecular flexibility index (Phi) is 1.90. The lowest BCUT2D eigenvalue weighted by Crippen LogP contribution is -2.42. The minimum atomic E-state index is -0.220. The first-order valence-electron chi connectivity index (χ1n) is 4.16. The number of amides is 1. The van der Waals surface area contributed by atoms with E-state index in [4.69, 9.17) is 5.84 Å². The van der Waals surface area contributed by atoms with Crippen molar-refractivity contribution in [2.75, 3.05) is 5.32 Å². The molecule has 0 spiro atoms. The Hall–Kier alpha value is -1.55. The number of benzene rings is 1. The van der Waals surface area contributed by atoms with Gasteiger partial charge in [-0.15, -0.1) is 0 Å². The second-order valence-electron chi connectivity index (χ2n) is 3.07. The molecule has 4 heteroatoms. The summed E-state index contributed by atoms with van der Waals surface area (Å²) in [5.74, 6) is 4.88. The molecule has 0 fully saturated rings. The highest BCUT2D eigenvalue weighted by molar-refractivity contribution is 5.86. The molecule has 0 saturated carbocycles. The maximum atomic E-state index is 11.2. The summed E-state index contributed by atoms with van der Waals surface area (Å²) in [6, 6.07) is 7.64. The van der Waals surface area contributed by atoms with E-state index in [1.807, 2.05) is 24.3 Å². The fraction of sp³-hybridized carbons (Fsp3) is 0.222. The normalized spacial score (nSPS) is 19.0. The first-order chi connectivity index (χ1) is 6.31. The van der Waals surface area contributed by atoms with Gasteiger partial charge in [-0.25, -0.2) is 5.84 Å². The lowest BCUT2D eigenvalue weighted by Gasteiger charge is -2.07. The van der Waals surface area contributed by atoms with Crippen molar-refractivity contribution in [3.63, 3.8) is 0 Å². The van der Waals surface area contributed by atoms with E-state index in [0.29, 0.717) is 6.42 Å². The Morgan fingerprint density at radius 3 is 3.00 bits per heavy atom. The van der Waals surface area contributed by atoms with E-state index in [-0.39, 0.29) is 11.9 Å². The number of nitrogens with one attached hydrogen (secondary N) is 2. The second-order valence-corrected chi connectivity index (χ2v) is 3.07. The van der Waals surface area contributed by atoms with E-state index in [1.54, 1.807) is 0 Å². The van der Waals surface area contributed by atoms with Gasteiger partial charge < -0.3 is 5.32 Å². The van der Waals surface area contributed by atoms with Gasteiger partial charge in [0.25, 0.3) is 5.91 Å². The Balaban J connectivity index is 2.18. The molecule has 0 aromatic heterocycles. The van der Waals surface area contributed by atoms with Gasteiger partial charge in [0, 0.05) is 12.1 Å². The van der Waals surface area contributed by atoms with Crippen molar-refractivity contribution in [3.8, 4) is 0 Å². The topological polar surface area (TPSA) is 67.1 Å². The molecule has 68 valence electrons. The molecule has 1 atom stereocenters. The molecule has 4 nitrogen and oxygen atoms in total. The van der Waals surface area contributed by atoms with Crippen LogP contribution in [0.25, 0.3) is 0 Å². The predicted molar refractivity (Wildman–Crippen MR) is 49.9 cm³/mol. The molecule has 0 saturated heterocycles. The van der Waals surface area contributed by atoms with Crippen LogP contribution in [0.15, 0.2) is 24.3 Å². The molecule has 2 rings (SSSR count). The highest BCUT2D eigenvalue weighted by atomic mass is 16.2. The third-order valence-electron chi connectivity index (χ3n) is 2.23. The quantitative estimate of drug-likeness (QED) is 0.321. The summed E-state index contributed by atoms with van der Waals surface area (Å²) in [6.45, 7) is 0. The minimum absolute atomic E-state index is 0.170. The number of hydrazine groups is 1. The van der Waals surface area contributed by atoms with E-state index in [2.05, 4.69) is 10.7 Å².